The fourth-order valence-corrected chi connectivity index (χ4v) is 4.83. The Morgan fingerprint density at radius 1 is 1.26 bits per heavy atom. The second-order valence-corrected chi connectivity index (χ2v) is 9.70. The molecule has 0 aromatic carbocycles. The Bertz CT molecular complexity index is 1090. The maximum Gasteiger partial charge on any atom is 0.410 e. The average Bonchev–Trinajstić information content (AvgIpc) is 3.31. The lowest BCUT2D eigenvalue weighted by molar-refractivity contribution is 0.0912. The zero-order valence-electron chi connectivity index (χ0n) is 20.8. The quantitative estimate of drug-likeness (QED) is 0.228. The van der Waals surface area contributed by atoms with Crippen LogP contribution in [0.2, 0.25) is 0 Å². The van der Waals surface area contributed by atoms with Crippen molar-refractivity contribution in [3.8, 4) is 0 Å². The van der Waals surface area contributed by atoms with Gasteiger partial charge in [-0.05, 0) is 55.8 Å². The highest BCUT2D eigenvalue weighted by molar-refractivity contribution is 7.12. The summed E-state index contributed by atoms with van der Waals surface area (Å²) < 4.78 is 9.92. The maximum absolute atomic E-state index is 13.3. The van der Waals surface area contributed by atoms with Crippen molar-refractivity contribution in [1.29, 1.82) is 0 Å². The third-order valence-electron chi connectivity index (χ3n) is 5.86. The second-order valence-electron chi connectivity index (χ2n) is 8.45. The van der Waals surface area contributed by atoms with Crippen LogP contribution in [-0.4, -0.2) is 19.0 Å². The van der Waals surface area contributed by atoms with E-state index in [0.717, 1.165) is 24.1 Å². The van der Waals surface area contributed by atoms with Crippen LogP contribution in [0.5, 0.6) is 0 Å². The van der Waals surface area contributed by atoms with Crippen LogP contribution < -0.4 is 10.9 Å². The molecule has 190 valence electrons. The number of hydrogen-bond acceptors (Lipinski definition) is 8. The summed E-state index contributed by atoms with van der Waals surface area (Å²) in [5.74, 6) is -0.755. The summed E-state index contributed by atoms with van der Waals surface area (Å²) in [5, 5.41) is 5.42. The van der Waals surface area contributed by atoms with Crippen LogP contribution >= 0.6 is 11.3 Å². The van der Waals surface area contributed by atoms with E-state index < -0.39 is 23.4 Å². The molecule has 0 bridgehead atoms. The number of Topliss-reactive ketones (excluding diaryl/α,β-unsaturated/α-hetero) is 1. The minimum absolute atomic E-state index is 0.177. The number of ether oxygens (including phenoxy) is 1. The summed E-state index contributed by atoms with van der Waals surface area (Å²) in [7, 11) is 1.27. The molecule has 2 aromatic rings. The van der Waals surface area contributed by atoms with Crippen molar-refractivity contribution in [2.24, 2.45) is 11.1 Å². The number of carbonyl (C=O) groups excluding carboxylic acids is 2. The predicted octanol–water partition coefficient (Wildman–Crippen LogP) is 6.65. The van der Waals surface area contributed by atoms with Crippen molar-refractivity contribution >= 4 is 28.9 Å². The van der Waals surface area contributed by atoms with Crippen molar-refractivity contribution in [2.75, 3.05) is 7.11 Å². The number of ketones is 1. The Kier molecular flexibility index (Phi) is 11.6. The minimum atomic E-state index is -0.829. The van der Waals surface area contributed by atoms with Gasteiger partial charge < -0.3 is 9.15 Å². The zero-order chi connectivity index (χ0) is 25.8. The normalized spacial score (nSPS) is 12.9. The number of amides is 1. The van der Waals surface area contributed by atoms with Crippen molar-refractivity contribution in [1.82, 2.24) is 5.32 Å². The van der Waals surface area contributed by atoms with Gasteiger partial charge >= 0.3 is 11.7 Å². The molecule has 2 atom stereocenters. The monoisotopic (exact) mass is 502 g/mol. The molecule has 0 fully saturated rings. The number of unbranched alkanes of at least 4 members (excludes halogenated alkanes) is 1. The predicted molar refractivity (Wildman–Crippen MR) is 138 cm³/mol. The fourth-order valence-electron chi connectivity index (χ4n) is 3.69. The Labute approximate surface area is 209 Å². The molecule has 0 spiro atoms. The number of rotatable bonds is 14. The van der Waals surface area contributed by atoms with E-state index in [1.54, 1.807) is 17.4 Å². The Morgan fingerprint density at radius 2 is 2.00 bits per heavy atom. The van der Waals surface area contributed by atoms with Crippen LogP contribution in [0.15, 0.2) is 44.9 Å². The van der Waals surface area contributed by atoms with Crippen molar-refractivity contribution in [2.45, 2.75) is 71.6 Å². The van der Waals surface area contributed by atoms with Crippen LogP contribution in [0.1, 0.15) is 84.7 Å². The lowest BCUT2D eigenvalue weighted by Gasteiger charge is -2.14. The molecule has 2 rings (SSSR count). The number of methoxy groups -OCH3 is 1. The first-order valence-corrected chi connectivity index (χ1v) is 12.8. The first-order chi connectivity index (χ1) is 16.8. The number of carbonyl (C=O) groups is 2. The van der Waals surface area contributed by atoms with Gasteiger partial charge in [0.25, 0.3) is 0 Å². The van der Waals surface area contributed by atoms with Gasteiger partial charge in [-0.3, -0.25) is 10.1 Å². The van der Waals surface area contributed by atoms with E-state index in [1.807, 2.05) is 19.9 Å². The molecule has 1 N–H and O–H groups in total. The molecule has 0 radical (unpaired) electrons. The average molecular weight is 503 g/mol. The Balaban J connectivity index is 2.13. The molecule has 2 aromatic heterocycles. The van der Waals surface area contributed by atoms with Crippen molar-refractivity contribution in [3.63, 3.8) is 0 Å². The Hall–Kier alpha value is -3.07. The fraction of sp³-hybridized carbons (Fsp3) is 0.500. The first-order valence-electron chi connectivity index (χ1n) is 12.0. The number of nitrogens with zero attached hydrogens (tertiary/aromatic N) is 1. The van der Waals surface area contributed by atoms with Gasteiger partial charge in [0, 0.05) is 33.9 Å². The van der Waals surface area contributed by atoms with Gasteiger partial charge in [-0.2, -0.15) is 0 Å². The lowest BCUT2D eigenvalue weighted by atomic mass is 9.91. The van der Waals surface area contributed by atoms with E-state index in [9.17, 15) is 19.3 Å². The summed E-state index contributed by atoms with van der Waals surface area (Å²) >= 11 is 1.69. The van der Waals surface area contributed by atoms with Crippen molar-refractivity contribution in [3.05, 3.63) is 66.9 Å². The number of alkyl carbamates (subject to hydrolysis) is 1. The molecular formula is C26H34N2O6S. The third kappa shape index (κ3) is 8.28. The van der Waals surface area contributed by atoms with E-state index >= 15 is 0 Å². The first kappa shape index (κ1) is 28.2. The molecular weight excluding hydrogens is 468 g/mol. The van der Waals surface area contributed by atoms with E-state index in [-0.39, 0.29) is 17.2 Å². The topological polar surface area (TPSA) is 115 Å². The molecule has 0 saturated heterocycles. The van der Waals surface area contributed by atoms with Crippen LogP contribution in [0.3, 0.4) is 0 Å². The van der Waals surface area contributed by atoms with E-state index in [0.29, 0.717) is 31.4 Å². The summed E-state index contributed by atoms with van der Waals surface area (Å²) in [5.41, 5.74) is -1.28. The molecule has 0 unspecified atom stereocenters. The standard InChI is InChI=1S/C26H34N2O6S/c1-5-7-11-19-12-13-20(35-19)15-18(6-2)24(29)23-21(28-32)16-22(34-25(23)30)17(3)10-8-9-14-27-26(31)33-4/h9,12-14,16-18H,5-8,10-11,15H2,1-4H3,(H,27,31)/b14-9+/t17-,18+/m1/s1. The molecule has 2 heterocycles. The SMILES string of the molecule is CCCCc1ccc(C[C@H](CC)C(=O)c2c(N=O)cc([C@H](C)CC/C=C/NC(=O)OC)oc2=O)s1. The number of thiophene rings is 1. The molecule has 35 heavy (non-hydrogen) atoms. The van der Waals surface area contributed by atoms with Crippen molar-refractivity contribution < 1.29 is 18.7 Å². The van der Waals surface area contributed by atoms with E-state index in [4.69, 9.17) is 4.42 Å². The van der Waals surface area contributed by atoms with Crippen LogP contribution in [-0.2, 0) is 17.6 Å². The number of aryl methyl sites for hydroxylation is 1. The lowest BCUT2D eigenvalue weighted by Crippen LogP contribution is -2.23. The molecule has 0 aliphatic heterocycles. The number of nitrogens with one attached hydrogen (secondary N) is 1. The van der Waals surface area contributed by atoms with Gasteiger partial charge in [-0.1, -0.05) is 33.3 Å². The Morgan fingerprint density at radius 3 is 2.66 bits per heavy atom. The van der Waals surface area contributed by atoms with Crippen LogP contribution in [0.25, 0.3) is 0 Å². The molecule has 0 saturated carbocycles. The highest BCUT2D eigenvalue weighted by Gasteiger charge is 2.28. The smallest absolute Gasteiger partial charge is 0.410 e. The summed E-state index contributed by atoms with van der Waals surface area (Å²) in [6.45, 7) is 5.89. The highest BCUT2D eigenvalue weighted by atomic mass is 32.1. The van der Waals surface area contributed by atoms with Gasteiger partial charge in [-0.15, -0.1) is 16.2 Å². The largest absolute Gasteiger partial charge is 0.453 e. The van der Waals surface area contributed by atoms with Gasteiger partial charge in [0.1, 0.15) is 17.0 Å². The number of allylic oxidation sites excluding steroid dienone is 1. The summed E-state index contributed by atoms with van der Waals surface area (Å²) in [6.07, 6.45) is 8.12. The summed E-state index contributed by atoms with van der Waals surface area (Å²) in [4.78, 5) is 51.0. The third-order valence-corrected chi connectivity index (χ3v) is 7.02. The van der Waals surface area contributed by atoms with Gasteiger partial charge in [0.05, 0.1) is 7.11 Å². The molecule has 0 aliphatic carbocycles. The number of nitroso groups, excluding NO2 is 1. The van der Waals surface area contributed by atoms with Crippen LogP contribution in [0.4, 0.5) is 10.5 Å². The summed E-state index contributed by atoms with van der Waals surface area (Å²) in [6, 6.07) is 5.52. The second kappa shape index (κ2) is 14.4. The van der Waals surface area contributed by atoms with Gasteiger partial charge in [0.15, 0.2) is 5.78 Å². The minimum Gasteiger partial charge on any atom is -0.453 e. The number of hydrogen-bond donors (Lipinski definition) is 1. The molecule has 0 aliphatic rings. The highest BCUT2D eigenvalue weighted by Crippen LogP contribution is 2.29. The van der Waals surface area contributed by atoms with Crippen LogP contribution in [0, 0.1) is 10.8 Å². The molecule has 1 amide bonds. The van der Waals surface area contributed by atoms with Gasteiger partial charge in [0.2, 0.25) is 0 Å². The van der Waals surface area contributed by atoms with E-state index in [2.05, 4.69) is 28.2 Å². The molecule has 8 nitrogen and oxygen atoms in total. The molecule has 9 heteroatoms. The van der Waals surface area contributed by atoms with Gasteiger partial charge in [-0.25, -0.2) is 9.59 Å². The maximum atomic E-state index is 13.3. The van der Waals surface area contributed by atoms with E-state index in [1.165, 1.54) is 24.3 Å². The zero-order valence-corrected chi connectivity index (χ0v) is 21.6.